The van der Waals surface area contributed by atoms with Gasteiger partial charge in [-0.3, -0.25) is 4.98 Å². The summed E-state index contributed by atoms with van der Waals surface area (Å²) in [6.45, 7) is 2.42. The first-order chi connectivity index (χ1) is 5.38. The molecule has 1 aromatic rings. The van der Waals surface area contributed by atoms with E-state index in [2.05, 4.69) is 4.98 Å². The smallest absolute Gasteiger partial charge is 0.143 e. The van der Waals surface area contributed by atoms with Gasteiger partial charge in [0.2, 0.25) is 0 Å². The second-order valence-corrected chi connectivity index (χ2v) is 2.04. The Morgan fingerprint density at radius 3 is 2.92 bits per heavy atom. The summed E-state index contributed by atoms with van der Waals surface area (Å²) in [6.07, 6.45) is 1.63. The number of hydrogen-bond donors (Lipinski definition) is 1. The standard InChI is InChI=1S/C8H11NO2.ClH/c1-2-11-8-4-3-5-9-7(8)6-10;/h3-5,10H,2,6H2,1H3;1H. The second kappa shape index (κ2) is 5.80. The normalized spacial score (nSPS) is 8.83. The number of hydrogen-bond acceptors (Lipinski definition) is 3. The van der Waals surface area contributed by atoms with Gasteiger partial charge >= 0.3 is 0 Å². The van der Waals surface area contributed by atoms with Crippen molar-refractivity contribution in [3.63, 3.8) is 0 Å². The molecule has 68 valence electrons. The summed E-state index contributed by atoms with van der Waals surface area (Å²) in [7, 11) is 0. The van der Waals surface area contributed by atoms with E-state index in [1.54, 1.807) is 18.3 Å². The van der Waals surface area contributed by atoms with Crippen LogP contribution in [-0.2, 0) is 6.61 Å². The zero-order valence-electron chi connectivity index (χ0n) is 6.86. The van der Waals surface area contributed by atoms with E-state index in [4.69, 9.17) is 9.84 Å². The molecule has 0 aliphatic rings. The van der Waals surface area contributed by atoms with Crippen molar-refractivity contribution in [3.8, 4) is 5.75 Å². The zero-order chi connectivity index (χ0) is 8.10. The molecule has 0 atom stereocenters. The molecular weight excluding hydrogens is 178 g/mol. The predicted octanol–water partition coefficient (Wildman–Crippen LogP) is 1.39. The number of rotatable bonds is 3. The quantitative estimate of drug-likeness (QED) is 0.782. The van der Waals surface area contributed by atoms with Gasteiger partial charge < -0.3 is 9.84 Å². The lowest BCUT2D eigenvalue weighted by Gasteiger charge is -2.05. The van der Waals surface area contributed by atoms with E-state index in [1.807, 2.05) is 6.92 Å². The minimum Gasteiger partial charge on any atom is -0.492 e. The van der Waals surface area contributed by atoms with Gasteiger partial charge in [-0.05, 0) is 19.1 Å². The van der Waals surface area contributed by atoms with Crippen LogP contribution in [0.4, 0.5) is 0 Å². The highest BCUT2D eigenvalue weighted by molar-refractivity contribution is 5.85. The molecule has 0 aromatic carbocycles. The highest BCUT2D eigenvalue weighted by Crippen LogP contribution is 2.14. The third-order valence-electron chi connectivity index (χ3n) is 1.30. The Hall–Kier alpha value is -0.800. The summed E-state index contributed by atoms with van der Waals surface area (Å²) in [5.41, 5.74) is 0.592. The summed E-state index contributed by atoms with van der Waals surface area (Å²) >= 11 is 0. The Kier molecular flexibility index (Phi) is 5.41. The number of halogens is 1. The SMILES string of the molecule is CCOc1cccnc1CO.Cl. The lowest BCUT2D eigenvalue weighted by atomic mass is 10.3. The molecule has 0 fully saturated rings. The Bertz CT molecular complexity index is 230. The van der Waals surface area contributed by atoms with Gasteiger partial charge in [0, 0.05) is 6.20 Å². The molecule has 12 heavy (non-hydrogen) atoms. The van der Waals surface area contributed by atoms with Crippen molar-refractivity contribution in [2.45, 2.75) is 13.5 Å². The molecule has 1 N–H and O–H groups in total. The molecule has 0 aliphatic heterocycles. The van der Waals surface area contributed by atoms with Crippen molar-refractivity contribution in [1.29, 1.82) is 0 Å². The average Bonchev–Trinajstić information content (AvgIpc) is 2.06. The van der Waals surface area contributed by atoms with Crippen LogP contribution in [-0.4, -0.2) is 16.7 Å². The second-order valence-electron chi connectivity index (χ2n) is 2.04. The van der Waals surface area contributed by atoms with Crippen molar-refractivity contribution in [3.05, 3.63) is 24.0 Å². The first-order valence-electron chi connectivity index (χ1n) is 3.56. The molecule has 0 bridgehead atoms. The summed E-state index contributed by atoms with van der Waals surface area (Å²) < 4.78 is 5.21. The maximum absolute atomic E-state index is 8.80. The molecule has 0 aliphatic carbocycles. The number of aliphatic hydroxyl groups excluding tert-OH is 1. The van der Waals surface area contributed by atoms with Gasteiger partial charge in [0.05, 0.1) is 13.2 Å². The van der Waals surface area contributed by atoms with Crippen LogP contribution in [0.15, 0.2) is 18.3 Å². The van der Waals surface area contributed by atoms with Crippen molar-refractivity contribution >= 4 is 12.4 Å². The first-order valence-corrected chi connectivity index (χ1v) is 3.56. The molecule has 0 amide bonds. The largest absolute Gasteiger partial charge is 0.492 e. The number of ether oxygens (including phenoxy) is 1. The van der Waals surface area contributed by atoms with Gasteiger partial charge in [-0.15, -0.1) is 12.4 Å². The summed E-state index contributed by atoms with van der Waals surface area (Å²) in [4.78, 5) is 3.94. The van der Waals surface area contributed by atoms with Crippen LogP contribution in [0, 0.1) is 0 Å². The molecule has 1 aromatic heterocycles. The van der Waals surface area contributed by atoms with Gasteiger partial charge in [0.15, 0.2) is 0 Å². The molecule has 1 rings (SSSR count). The van der Waals surface area contributed by atoms with E-state index in [0.29, 0.717) is 18.1 Å². The van der Waals surface area contributed by atoms with E-state index in [-0.39, 0.29) is 19.0 Å². The molecule has 4 heteroatoms. The van der Waals surface area contributed by atoms with Gasteiger partial charge in [-0.25, -0.2) is 0 Å². The molecule has 0 spiro atoms. The fraction of sp³-hybridized carbons (Fsp3) is 0.375. The fourth-order valence-electron chi connectivity index (χ4n) is 0.829. The zero-order valence-corrected chi connectivity index (χ0v) is 7.67. The van der Waals surface area contributed by atoms with E-state index < -0.39 is 0 Å². The summed E-state index contributed by atoms with van der Waals surface area (Å²) in [5.74, 6) is 0.664. The lowest BCUT2D eigenvalue weighted by molar-refractivity contribution is 0.261. The molecular formula is C8H12ClNO2. The van der Waals surface area contributed by atoms with Gasteiger partial charge in [0.1, 0.15) is 11.4 Å². The molecule has 0 radical (unpaired) electrons. The highest BCUT2D eigenvalue weighted by Gasteiger charge is 2.00. The Morgan fingerprint density at radius 1 is 1.58 bits per heavy atom. The van der Waals surface area contributed by atoms with Crippen molar-refractivity contribution in [2.75, 3.05) is 6.61 Å². The average molecular weight is 190 g/mol. The third kappa shape index (κ3) is 2.68. The Morgan fingerprint density at radius 2 is 2.33 bits per heavy atom. The van der Waals surface area contributed by atoms with Crippen molar-refractivity contribution in [1.82, 2.24) is 4.98 Å². The molecule has 3 nitrogen and oxygen atoms in total. The first kappa shape index (κ1) is 11.2. The number of pyridine rings is 1. The van der Waals surface area contributed by atoms with Crippen LogP contribution in [0.5, 0.6) is 5.75 Å². The van der Waals surface area contributed by atoms with Crippen molar-refractivity contribution < 1.29 is 9.84 Å². The van der Waals surface area contributed by atoms with Crippen LogP contribution in [0.3, 0.4) is 0 Å². The van der Waals surface area contributed by atoms with E-state index in [0.717, 1.165) is 0 Å². The minimum absolute atomic E-state index is 0. The van der Waals surface area contributed by atoms with Crippen LogP contribution in [0.2, 0.25) is 0 Å². The maximum atomic E-state index is 8.80. The van der Waals surface area contributed by atoms with Crippen LogP contribution in [0.1, 0.15) is 12.6 Å². The topological polar surface area (TPSA) is 42.4 Å². The Balaban J connectivity index is 0.00000121. The Labute approximate surface area is 77.8 Å². The molecule has 0 saturated carbocycles. The van der Waals surface area contributed by atoms with E-state index in [1.165, 1.54) is 0 Å². The predicted molar refractivity (Wildman–Crippen MR) is 48.6 cm³/mol. The van der Waals surface area contributed by atoms with Gasteiger partial charge in [-0.1, -0.05) is 0 Å². The summed E-state index contributed by atoms with van der Waals surface area (Å²) in [6, 6.07) is 3.58. The highest BCUT2D eigenvalue weighted by atomic mass is 35.5. The number of aromatic nitrogens is 1. The monoisotopic (exact) mass is 189 g/mol. The van der Waals surface area contributed by atoms with E-state index in [9.17, 15) is 0 Å². The maximum Gasteiger partial charge on any atom is 0.143 e. The summed E-state index contributed by atoms with van der Waals surface area (Å²) in [5, 5.41) is 8.80. The molecule has 0 saturated heterocycles. The van der Waals surface area contributed by atoms with Crippen LogP contribution < -0.4 is 4.74 Å². The lowest BCUT2D eigenvalue weighted by Crippen LogP contribution is -1.98. The molecule has 0 unspecified atom stereocenters. The van der Waals surface area contributed by atoms with Gasteiger partial charge in [-0.2, -0.15) is 0 Å². The fourth-order valence-corrected chi connectivity index (χ4v) is 0.829. The van der Waals surface area contributed by atoms with Gasteiger partial charge in [0.25, 0.3) is 0 Å². The van der Waals surface area contributed by atoms with Crippen molar-refractivity contribution in [2.24, 2.45) is 0 Å². The van der Waals surface area contributed by atoms with E-state index >= 15 is 0 Å². The van der Waals surface area contributed by atoms with Crippen LogP contribution in [0.25, 0.3) is 0 Å². The number of aliphatic hydroxyl groups is 1. The number of nitrogens with zero attached hydrogens (tertiary/aromatic N) is 1. The third-order valence-corrected chi connectivity index (χ3v) is 1.30. The molecule has 1 heterocycles. The minimum atomic E-state index is -0.0732. The van der Waals surface area contributed by atoms with Crippen LogP contribution >= 0.6 is 12.4 Å².